The quantitative estimate of drug-likeness (QED) is 0.792. The lowest BCUT2D eigenvalue weighted by Crippen LogP contribution is -2.40. The van der Waals surface area contributed by atoms with Crippen molar-refractivity contribution in [3.05, 3.63) is 59.2 Å². The van der Waals surface area contributed by atoms with Crippen molar-refractivity contribution in [1.29, 1.82) is 0 Å². The Labute approximate surface area is 184 Å². The van der Waals surface area contributed by atoms with Gasteiger partial charge in [-0.3, -0.25) is 10.3 Å². The van der Waals surface area contributed by atoms with E-state index >= 15 is 0 Å². The second kappa shape index (κ2) is 8.43. The van der Waals surface area contributed by atoms with Gasteiger partial charge in [0.2, 0.25) is 6.79 Å². The average Bonchev–Trinajstić information content (AvgIpc) is 3.50. The highest BCUT2D eigenvalue weighted by molar-refractivity contribution is 5.45. The van der Waals surface area contributed by atoms with Crippen molar-refractivity contribution in [3.8, 4) is 11.5 Å². The molecule has 164 valence electrons. The van der Waals surface area contributed by atoms with E-state index in [1.165, 1.54) is 44.5 Å². The minimum atomic E-state index is 0.304. The molecule has 0 amide bonds. The van der Waals surface area contributed by atoms with Crippen molar-refractivity contribution < 1.29 is 9.47 Å². The van der Waals surface area contributed by atoms with Crippen LogP contribution in [0.15, 0.2) is 42.5 Å². The number of hydrazine groups is 1. The topological polar surface area (TPSA) is 49.0 Å². The van der Waals surface area contributed by atoms with Crippen molar-refractivity contribution in [2.45, 2.75) is 31.3 Å². The molecule has 2 unspecified atom stereocenters. The van der Waals surface area contributed by atoms with Gasteiger partial charge in [-0.05, 0) is 61.2 Å². The summed E-state index contributed by atoms with van der Waals surface area (Å²) in [4.78, 5) is 5.43. The van der Waals surface area contributed by atoms with Gasteiger partial charge in [-0.1, -0.05) is 30.3 Å². The van der Waals surface area contributed by atoms with Crippen LogP contribution in [-0.4, -0.2) is 61.9 Å². The molecule has 2 N–H and O–H groups in total. The second-order valence-electron chi connectivity index (χ2n) is 9.40. The SMILES string of the molecule is c1ccc2c(c1)CC(N1CCCN(CC3CNNC3c3ccc4c(c3)OCO4)CC1)C2. The fourth-order valence-electron chi connectivity index (χ4n) is 5.83. The molecule has 6 nitrogen and oxygen atoms in total. The maximum Gasteiger partial charge on any atom is 0.231 e. The van der Waals surface area contributed by atoms with E-state index in [9.17, 15) is 0 Å². The first-order valence-electron chi connectivity index (χ1n) is 11.7. The molecule has 0 bridgehead atoms. The van der Waals surface area contributed by atoms with Crippen molar-refractivity contribution >= 4 is 0 Å². The van der Waals surface area contributed by atoms with Gasteiger partial charge < -0.3 is 14.4 Å². The monoisotopic (exact) mass is 420 g/mol. The van der Waals surface area contributed by atoms with Gasteiger partial charge in [0, 0.05) is 38.1 Å². The van der Waals surface area contributed by atoms with Gasteiger partial charge in [0.25, 0.3) is 0 Å². The lowest BCUT2D eigenvalue weighted by molar-refractivity contribution is 0.174. The highest BCUT2D eigenvalue weighted by atomic mass is 16.7. The molecule has 2 saturated heterocycles. The Bertz CT molecular complexity index is 910. The Morgan fingerprint density at radius 3 is 2.61 bits per heavy atom. The summed E-state index contributed by atoms with van der Waals surface area (Å²) in [6.07, 6.45) is 3.70. The number of fused-ring (bicyclic) bond motifs is 2. The van der Waals surface area contributed by atoms with Crippen LogP contribution in [-0.2, 0) is 12.8 Å². The zero-order chi connectivity index (χ0) is 20.6. The molecule has 0 spiro atoms. The summed E-state index contributed by atoms with van der Waals surface area (Å²) < 4.78 is 11.1. The highest BCUT2D eigenvalue weighted by Gasteiger charge is 2.33. The first kappa shape index (κ1) is 19.6. The lowest BCUT2D eigenvalue weighted by atomic mass is 9.94. The van der Waals surface area contributed by atoms with Crippen LogP contribution in [0.3, 0.4) is 0 Å². The van der Waals surface area contributed by atoms with Crippen molar-refractivity contribution in [3.63, 3.8) is 0 Å². The Morgan fingerprint density at radius 2 is 1.74 bits per heavy atom. The maximum absolute atomic E-state index is 5.60. The van der Waals surface area contributed by atoms with Crippen molar-refractivity contribution in [1.82, 2.24) is 20.7 Å². The molecule has 0 saturated carbocycles. The van der Waals surface area contributed by atoms with Crippen LogP contribution in [0.2, 0.25) is 0 Å². The van der Waals surface area contributed by atoms with Crippen LogP contribution in [0, 0.1) is 5.92 Å². The van der Waals surface area contributed by atoms with Crippen LogP contribution in [0.25, 0.3) is 0 Å². The van der Waals surface area contributed by atoms with Gasteiger partial charge in [0.15, 0.2) is 11.5 Å². The van der Waals surface area contributed by atoms with Gasteiger partial charge in [0.1, 0.15) is 0 Å². The van der Waals surface area contributed by atoms with Crippen molar-refractivity contribution in [2.24, 2.45) is 5.92 Å². The van der Waals surface area contributed by atoms with Gasteiger partial charge in [-0.25, -0.2) is 5.43 Å². The molecule has 3 heterocycles. The van der Waals surface area contributed by atoms with E-state index in [2.05, 4.69) is 57.0 Å². The van der Waals surface area contributed by atoms with E-state index in [0.29, 0.717) is 24.8 Å². The average molecular weight is 421 g/mol. The largest absolute Gasteiger partial charge is 0.454 e. The summed E-state index contributed by atoms with van der Waals surface area (Å²) in [5, 5.41) is 0. The van der Waals surface area contributed by atoms with Crippen LogP contribution in [0.1, 0.15) is 29.2 Å². The summed E-state index contributed by atoms with van der Waals surface area (Å²) >= 11 is 0. The van der Waals surface area contributed by atoms with E-state index < -0.39 is 0 Å². The van der Waals surface area contributed by atoms with E-state index in [-0.39, 0.29) is 0 Å². The van der Waals surface area contributed by atoms with Gasteiger partial charge in [-0.2, -0.15) is 0 Å². The highest BCUT2D eigenvalue weighted by Crippen LogP contribution is 2.36. The van der Waals surface area contributed by atoms with Crippen LogP contribution in [0.4, 0.5) is 0 Å². The Balaban J connectivity index is 1.07. The van der Waals surface area contributed by atoms with Crippen LogP contribution in [0.5, 0.6) is 11.5 Å². The smallest absolute Gasteiger partial charge is 0.231 e. The van der Waals surface area contributed by atoms with E-state index in [1.807, 2.05) is 6.07 Å². The minimum absolute atomic E-state index is 0.304. The second-order valence-corrected chi connectivity index (χ2v) is 9.40. The Hall–Kier alpha value is -2.12. The van der Waals surface area contributed by atoms with Gasteiger partial charge >= 0.3 is 0 Å². The fourth-order valence-corrected chi connectivity index (χ4v) is 5.83. The predicted octanol–water partition coefficient (Wildman–Crippen LogP) is 2.36. The van der Waals surface area contributed by atoms with Gasteiger partial charge in [0.05, 0.1) is 6.04 Å². The molecule has 2 aromatic rings. The van der Waals surface area contributed by atoms with Gasteiger partial charge in [-0.15, -0.1) is 0 Å². The summed E-state index contributed by atoms with van der Waals surface area (Å²) in [6, 6.07) is 16.3. The molecular weight excluding hydrogens is 388 g/mol. The number of hydrogen-bond donors (Lipinski definition) is 2. The molecule has 3 aliphatic heterocycles. The molecule has 6 rings (SSSR count). The predicted molar refractivity (Wildman–Crippen MR) is 120 cm³/mol. The molecule has 1 aliphatic carbocycles. The molecule has 2 atom stereocenters. The Kier molecular flexibility index (Phi) is 5.32. The molecule has 2 aromatic carbocycles. The standard InChI is InChI=1S/C25H32N4O2/c1-2-5-19-13-22(12-18(19)4-1)29-9-3-8-28(10-11-29)16-21-15-26-27-25(21)20-6-7-23-24(14-20)31-17-30-23/h1-2,4-7,14,21-22,25-27H,3,8-13,15-17H2. The zero-order valence-electron chi connectivity index (χ0n) is 18.1. The first-order valence-corrected chi connectivity index (χ1v) is 11.7. The van der Waals surface area contributed by atoms with E-state index in [0.717, 1.165) is 31.1 Å². The minimum Gasteiger partial charge on any atom is -0.454 e. The molecule has 6 heteroatoms. The molecule has 31 heavy (non-hydrogen) atoms. The fraction of sp³-hybridized carbons (Fsp3) is 0.520. The lowest BCUT2D eigenvalue weighted by Gasteiger charge is -2.29. The van der Waals surface area contributed by atoms with E-state index in [4.69, 9.17) is 9.47 Å². The summed E-state index contributed by atoms with van der Waals surface area (Å²) in [5.41, 5.74) is 11.3. The number of benzene rings is 2. The number of hydrogen-bond acceptors (Lipinski definition) is 6. The first-order chi connectivity index (χ1) is 15.3. The number of nitrogens with one attached hydrogen (secondary N) is 2. The normalized spacial score (nSPS) is 26.8. The molecule has 4 aliphatic rings. The maximum atomic E-state index is 5.60. The summed E-state index contributed by atoms with van der Waals surface area (Å²) in [5.74, 6) is 2.27. The molecular formula is C25H32N4O2. The molecule has 0 radical (unpaired) electrons. The summed E-state index contributed by atoms with van der Waals surface area (Å²) in [6.45, 7) is 7.21. The number of ether oxygens (including phenoxy) is 2. The number of nitrogens with zero attached hydrogens (tertiary/aromatic N) is 2. The molecule has 2 fully saturated rings. The van der Waals surface area contributed by atoms with E-state index in [1.54, 1.807) is 11.1 Å². The third kappa shape index (κ3) is 3.94. The zero-order valence-corrected chi connectivity index (χ0v) is 18.1. The molecule has 0 aromatic heterocycles. The van der Waals surface area contributed by atoms with Crippen LogP contribution < -0.4 is 20.3 Å². The summed E-state index contributed by atoms with van der Waals surface area (Å²) in [7, 11) is 0. The number of rotatable bonds is 4. The Morgan fingerprint density at radius 1 is 0.903 bits per heavy atom. The third-order valence-electron chi connectivity index (χ3n) is 7.51. The van der Waals surface area contributed by atoms with Crippen molar-refractivity contribution in [2.75, 3.05) is 46.1 Å². The third-order valence-corrected chi connectivity index (χ3v) is 7.51. The van der Waals surface area contributed by atoms with Crippen LogP contribution >= 0.6 is 0 Å².